The number of benzene rings is 1. The number of hydrogen-bond acceptors (Lipinski definition) is 3. The third-order valence-corrected chi connectivity index (χ3v) is 3.41. The summed E-state index contributed by atoms with van der Waals surface area (Å²) in [6.07, 6.45) is 1.94. The maximum Gasteiger partial charge on any atom is 0.248 e. The van der Waals surface area contributed by atoms with Crippen LogP contribution in [0.3, 0.4) is 0 Å². The van der Waals surface area contributed by atoms with Crippen LogP contribution in [0.2, 0.25) is 0 Å². The molecule has 5 heteroatoms. The minimum atomic E-state index is -0.141. The quantitative estimate of drug-likeness (QED) is 0.835. The normalized spacial score (nSPS) is 16.5. The number of aliphatic imine (C=N–C) groups is 1. The number of hydrogen-bond donors (Lipinski definition) is 0. The van der Waals surface area contributed by atoms with E-state index in [2.05, 4.69) is 15.5 Å². The molecule has 1 aliphatic rings. The summed E-state index contributed by atoms with van der Waals surface area (Å²) in [5, 5.41) is 5.30. The van der Waals surface area contributed by atoms with Crippen molar-refractivity contribution in [1.29, 1.82) is 0 Å². The molecular weight excluding hydrogens is 246 g/mol. The molecule has 4 nitrogen and oxygen atoms in total. The van der Waals surface area contributed by atoms with E-state index >= 15 is 0 Å². The lowest BCUT2D eigenvalue weighted by molar-refractivity contribution is -0.117. The zero-order valence-corrected chi connectivity index (χ0v) is 11.0. The van der Waals surface area contributed by atoms with Crippen LogP contribution in [0.25, 0.3) is 0 Å². The highest BCUT2D eigenvalue weighted by atomic mass is 32.2. The van der Waals surface area contributed by atoms with Crippen molar-refractivity contribution >= 4 is 27.9 Å². The van der Waals surface area contributed by atoms with E-state index in [0.717, 1.165) is 17.0 Å². The highest BCUT2D eigenvalue weighted by Gasteiger charge is 2.15. The van der Waals surface area contributed by atoms with Crippen LogP contribution < -0.4 is 5.43 Å². The Morgan fingerprint density at radius 3 is 2.78 bits per heavy atom. The van der Waals surface area contributed by atoms with Crippen molar-refractivity contribution in [2.75, 3.05) is 0 Å². The molecule has 0 saturated carbocycles. The van der Waals surface area contributed by atoms with Crippen LogP contribution in [0.1, 0.15) is 25.3 Å². The lowest BCUT2D eigenvalue weighted by Crippen LogP contribution is -2.05. The Kier molecular flexibility index (Phi) is 4.52. The van der Waals surface area contributed by atoms with Crippen LogP contribution in [0.5, 0.6) is 0 Å². The first kappa shape index (κ1) is 12.8. The first-order valence-electron chi connectivity index (χ1n) is 5.89. The van der Waals surface area contributed by atoms with Crippen molar-refractivity contribution in [3.05, 3.63) is 35.9 Å². The first-order chi connectivity index (χ1) is 8.78. The number of aryl methyl sites for hydroxylation is 1. The standard InChI is InChI=1S/C13H14N3OS/c1-2-12-15-16-13(18-12)14-11(17)9-8-10-6-4-3-5-7-10/h3-7H,2,8-9H2,1H3. The van der Waals surface area contributed by atoms with Gasteiger partial charge in [0.05, 0.1) is 0 Å². The fourth-order valence-corrected chi connectivity index (χ4v) is 2.16. The summed E-state index contributed by atoms with van der Waals surface area (Å²) in [4.78, 5) is 15.6. The van der Waals surface area contributed by atoms with E-state index in [1.807, 2.05) is 37.3 Å². The molecule has 0 atom stereocenters. The monoisotopic (exact) mass is 260 g/mol. The zero-order valence-electron chi connectivity index (χ0n) is 10.2. The largest absolute Gasteiger partial charge is 0.273 e. The van der Waals surface area contributed by atoms with Crippen molar-refractivity contribution in [2.45, 2.75) is 26.2 Å². The smallest absolute Gasteiger partial charge is 0.248 e. The third-order valence-electron chi connectivity index (χ3n) is 2.45. The van der Waals surface area contributed by atoms with Gasteiger partial charge in [0.1, 0.15) is 5.04 Å². The van der Waals surface area contributed by atoms with E-state index in [1.54, 1.807) is 0 Å². The molecule has 0 aromatic heterocycles. The van der Waals surface area contributed by atoms with Gasteiger partial charge in [-0.15, -0.1) is 10.5 Å². The Morgan fingerprint density at radius 1 is 1.33 bits per heavy atom. The Labute approximate surface area is 111 Å². The molecule has 1 aromatic rings. The molecular formula is C13H14N3OS. The average molecular weight is 260 g/mol. The third kappa shape index (κ3) is 3.70. The zero-order chi connectivity index (χ0) is 12.8. The number of nitrogens with zero attached hydrogens (tertiary/aromatic N) is 3. The average Bonchev–Trinajstić information content (AvgIpc) is 2.85. The van der Waals surface area contributed by atoms with Gasteiger partial charge in [0.15, 0.2) is 0 Å². The van der Waals surface area contributed by atoms with Gasteiger partial charge >= 0.3 is 0 Å². The molecule has 0 bridgehead atoms. The van der Waals surface area contributed by atoms with Crippen molar-refractivity contribution in [2.24, 2.45) is 10.1 Å². The number of rotatable bonds is 4. The lowest BCUT2D eigenvalue weighted by Gasteiger charge is -1.98. The predicted molar refractivity (Wildman–Crippen MR) is 74.7 cm³/mol. The van der Waals surface area contributed by atoms with Gasteiger partial charge in [0.2, 0.25) is 11.1 Å². The van der Waals surface area contributed by atoms with E-state index in [4.69, 9.17) is 0 Å². The summed E-state index contributed by atoms with van der Waals surface area (Å²) >= 11 is 1.37. The molecule has 1 amide bonds. The summed E-state index contributed by atoms with van der Waals surface area (Å²) in [6.45, 7) is 2.00. The van der Waals surface area contributed by atoms with Crippen LogP contribution in [0.4, 0.5) is 0 Å². The molecule has 0 saturated heterocycles. The van der Waals surface area contributed by atoms with Gasteiger partial charge < -0.3 is 0 Å². The molecule has 1 aromatic carbocycles. The number of thioether (sulfide) groups is 1. The maximum absolute atomic E-state index is 11.7. The second-order valence-corrected chi connectivity index (χ2v) is 4.86. The second kappa shape index (κ2) is 6.35. The Morgan fingerprint density at radius 2 is 2.11 bits per heavy atom. The van der Waals surface area contributed by atoms with E-state index in [1.165, 1.54) is 11.8 Å². The maximum atomic E-state index is 11.7. The number of carbonyl (C=O) groups excluding carboxylic acids is 1. The summed E-state index contributed by atoms with van der Waals surface area (Å²) in [6, 6.07) is 9.91. The second-order valence-electron chi connectivity index (χ2n) is 3.82. The fraction of sp³-hybridized carbons (Fsp3) is 0.308. The van der Waals surface area contributed by atoms with E-state index in [-0.39, 0.29) is 5.91 Å². The van der Waals surface area contributed by atoms with Gasteiger partial charge in [-0.3, -0.25) is 4.79 Å². The van der Waals surface area contributed by atoms with Crippen LogP contribution in [0, 0.1) is 0 Å². The molecule has 0 fully saturated rings. The minimum absolute atomic E-state index is 0.141. The van der Waals surface area contributed by atoms with Gasteiger partial charge in [-0.25, -0.2) is 0 Å². The van der Waals surface area contributed by atoms with Crippen molar-refractivity contribution < 1.29 is 4.79 Å². The van der Waals surface area contributed by atoms with Crippen molar-refractivity contribution in [3.63, 3.8) is 0 Å². The molecule has 0 unspecified atom stereocenters. The highest BCUT2D eigenvalue weighted by Crippen LogP contribution is 2.16. The van der Waals surface area contributed by atoms with Gasteiger partial charge in [0, 0.05) is 6.42 Å². The molecule has 1 radical (unpaired) electrons. The van der Waals surface area contributed by atoms with Gasteiger partial charge in [0.25, 0.3) is 0 Å². The van der Waals surface area contributed by atoms with Gasteiger partial charge in [-0.2, -0.15) is 4.99 Å². The van der Waals surface area contributed by atoms with Crippen molar-refractivity contribution in [3.8, 4) is 0 Å². The molecule has 0 spiro atoms. The first-order valence-corrected chi connectivity index (χ1v) is 6.70. The van der Waals surface area contributed by atoms with E-state index in [9.17, 15) is 4.79 Å². The number of carbonyl (C=O) groups is 1. The molecule has 18 heavy (non-hydrogen) atoms. The van der Waals surface area contributed by atoms with Crippen LogP contribution in [-0.2, 0) is 11.2 Å². The lowest BCUT2D eigenvalue weighted by atomic mass is 10.1. The van der Waals surface area contributed by atoms with E-state index in [0.29, 0.717) is 18.0 Å². The molecule has 1 heterocycles. The fourth-order valence-electron chi connectivity index (χ4n) is 1.49. The van der Waals surface area contributed by atoms with Gasteiger partial charge in [-0.1, -0.05) is 37.3 Å². The summed E-state index contributed by atoms with van der Waals surface area (Å²) in [7, 11) is 0. The van der Waals surface area contributed by atoms with Crippen LogP contribution in [0.15, 0.2) is 40.4 Å². The summed E-state index contributed by atoms with van der Waals surface area (Å²) in [5.74, 6) is -0.141. The van der Waals surface area contributed by atoms with Crippen LogP contribution >= 0.6 is 11.8 Å². The van der Waals surface area contributed by atoms with Crippen molar-refractivity contribution in [1.82, 2.24) is 5.43 Å². The minimum Gasteiger partial charge on any atom is -0.273 e. The highest BCUT2D eigenvalue weighted by molar-refractivity contribution is 8.26. The molecule has 0 N–H and O–H groups in total. The topological polar surface area (TPSA) is 55.9 Å². The molecule has 0 aliphatic carbocycles. The molecule has 93 valence electrons. The number of amidine groups is 1. The Balaban J connectivity index is 1.81. The summed E-state index contributed by atoms with van der Waals surface area (Å²) < 4.78 is 0. The van der Waals surface area contributed by atoms with Crippen LogP contribution in [-0.4, -0.2) is 16.1 Å². The van der Waals surface area contributed by atoms with Gasteiger partial charge in [-0.05, 0) is 30.2 Å². The molecule has 1 aliphatic heterocycles. The SMILES string of the molecule is CCC1=N[N]C(=NC(=O)CCc2ccccc2)S1. The molecule has 2 rings (SSSR count). The summed E-state index contributed by atoms with van der Waals surface area (Å²) in [5.41, 5.74) is 5.01. The predicted octanol–water partition coefficient (Wildman–Crippen LogP) is 2.58. The Hall–Kier alpha value is -1.62. The number of amides is 1. The Bertz CT molecular complexity index is 482. The van der Waals surface area contributed by atoms with E-state index < -0.39 is 0 Å².